The van der Waals surface area contributed by atoms with Gasteiger partial charge in [0, 0.05) is 19.1 Å². The van der Waals surface area contributed by atoms with Crippen molar-refractivity contribution < 1.29 is 9.47 Å². The van der Waals surface area contributed by atoms with Crippen LogP contribution in [-0.2, 0) is 11.2 Å². The van der Waals surface area contributed by atoms with Gasteiger partial charge in [0.15, 0.2) is 0 Å². The van der Waals surface area contributed by atoms with Crippen LogP contribution in [0.3, 0.4) is 0 Å². The van der Waals surface area contributed by atoms with Crippen LogP contribution in [0.2, 0.25) is 0 Å². The lowest BCUT2D eigenvalue weighted by molar-refractivity contribution is -0.000586. The van der Waals surface area contributed by atoms with Crippen molar-refractivity contribution in [2.75, 3.05) is 13.7 Å². The van der Waals surface area contributed by atoms with Crippen molar-refractivity contribution in [2.24, 2.45) is 5.73 Å². The lowest BCUT2D eigenvalue weighted by Gasteiger charge is -2.31. The maximum absolute atomic E-state index is 6.25. The summed E-state index contributed by atoms with van der Waals surface area (Å²) in [6, 6.07) is 5.98. The Morgan fingerprint density at radius 2 is 2.19 bits per heavy atom. The molecule has 1 aliphatic rings. The zero-order valence-electron chi connectivity index (χ0n) is 10.1. The quantitative estimate of drug-likeness (QED) is 0.849. The van der Waals surface area contributed by atoms with Crippen LogP contribution in [-0.4, -0.2) is 19.3 Å². The van der Waals surface area contributed by atoms with Gasteiger partial charge in [0.25, 0.3) is 0 Å². The van der Waals surface area contributed by atoms with Crippen LogP contribution in [0.15, 0.2) is 18.2 Å². The molecule has 1 aliphatic heterocycles. The first-order valence-corrected chi connectivity index (χ1v) is 5.61. The predicted molar refractivity (Wildman–Crippen MR) is 63.7 cm³/mol. The molecule has 2 rings (SSSR count). The molecule has 0 saturated heterocycles. The summed E-state index contributed by atoms with van der Waals surface area (Å²) < 4.78 is 11.1. The maximum atomic E-state index is 6.25. The molecule has 16 heavy (non-hydrogen) atoms. The van der Waals surface area contributed by atoms with Crippen molar-refractivity contribution >= 4 is 0 Å². The molecule has 1 atom stereocenters. The topological polar surface area (TPSA) is 44.5 Å². The standard InChI is InChI=1S/C13H19NO2/c1-13(2,15-3)12(14)10-6-4-5-9-7-8-16-11(9)10/h4-6,12H,7-8,14H2,1-3H3. The molecule has 0 aromatic heterocycles. The highest BCUT2D eigenvalue weighted by Gasteiger charge is 2.31. The Balaban J connectivity index is 2.38. The minimum Gasteiger partial charge on any atom is -0.493 e. The molecule has 3 heteroatoms. The molecule has 1 aromatic rings. The maximum Gasteiger partial charge on any atom is 0.127 e. The smallest absolute Gasteiger partial charge is 0.127 e. The molecule has 0 fully saturated rings. The third-order valence-electron chi connectivity index (χ3n) is 3.35. The largest absolute Gasteiger partial charge is 0.493 e. The molecular weight excluding hydrogens is 202 g/mol. The second-order valence-corrected chi connectivity index (χ2v) is 4.72. The fraction of sp³-hybridized carbons (Fsp3) is 0.538. The zero-order valence-corrected chi connectivity index (χ0v) is 10.1. The Morgan fingerprint density at radius 1 is 1.44 bits per heavy atom. The molecular formula is C13H19NO2. The van der Waals surface area contributed by atoms with Crippen LogP contribution < -0.4 is 10.5 Å². The number of para-hydroxylation sites is 1. The fourth-order valence-electron chi connectivity index (χ4n) is 1.99. The molecule has 1 heterocycles. The van der Waals surface area contributed by atoms with Crippen LogP contribution in [0.5, 0.6) is 5.75 Å². The first-order chi connectivity index (χ1) is 7.56. The zero-order chi connectivity index (χ0) is 11.8. The first kappa shape index (κ1) is 11.4. The van der Waals surface area contributed by atoms with Crippen LogP contribution in [0.1, 0.15) is 31.0 Å². The van der Waals surface area contributed by atoms with E-state index in [1.165, 1.54) is 5.56 Å². The second kappa shape index (κ2) is 4.07. The summed E-state index contributed by atoms with van der Waals surface area (Å²) in [5.41, 5.74) is 8.16. The molecule has 0 amide bonds. The van der Waals surface area contributed by atoms with Gasteiger partial charge in [-0.25, -0.2) is 0 Å². The van der Waals surface area contributed by atoms with Crippen molar-refractivity contribution in [1.29, 1.82) is 0 Å². The van der Waals surface area contributed by atoms with Crippen LogP contribution in [0.4, 0.5) is 0 Å². The summed E-state index contributed by atoms with van der Waals surface area (Å²) in [7, 11) is 1.68. The van der Waals surface area contributed by atoms with E-state index in [-0.39, 0.29) is 11.6 Å². The molecule has 0 bridgehead atoms. The predicted octanol–water partition coefficient (Wildman–Crippen LogP) is 2.05. The van der Waals surface area contributed by atoms with Gasteiger partial charge in [-0.2, -0.15) is 0 Å². The van der Waals surface area contributed by atoms with Gasteiger partial charge in [0.2, 0.25) is 0 Å². The molecule has 2 N–H and O–H groups in total. The highest BCUT2D eigenvalue weighted by molar-refractivity contribution is 5.46. The number of fused-ring (bicyclic) bond motifs is 1. The van der Waals surface area contributed by atoms with E-state index in [0.29, 0.717) is 0 Å². The van der Waals surface area contributed by atoms with Gasteiger partial charge in [0.1, 0.15) is 5.75 Å². The molecule has 0 radical (unpaired) electrons. The summed E-state index contributed by atoms with van der Waals surface area (Å²) in [5.74, 6) is 0.958. The van der Waals surface area contributed by atoms with Crippen molar-refractivity contribution in [2.45, 2.75) is 31.9 Å². The SMILES string of the molecule is COC(C)(C)C(N)c1cccc2c1OCC2. The Labute approximate surface area is 96.5 Å². The molecule has 88 valence electrons. The average Bonchev–Trinajstić information content (AvgIpc) is 2.75. The van der Waals surface area contributed by atoms with Gasteiger partial charge in [-0.1, -0.05) is 18.2 Å². The van der Waals surface area contributed by atoms with E-state index >= 15 is 0 Å². The van der Waals surface area contributed by atoms with Crippen LogP contribution in [0, 0.1) is 0 Å². The van der Waals surface area contributed by atoms with Gasteiger partial charge in [0.05, 0.1) is 18.2 Å². The number of ether oxygens (including phenoxy) is 2. The Morgan fingerprint density at radius 3 is 2.88 bits per heavy atom. The molecule has 3 nitrogen and oxygen atoms in total. The minimum absolute atomic E-state index is 0.175. The van der Waals surface area contributed by atoms with Gasteiger partial charge < -0.3 is 15.2 Å². The Bertz CT molecular complexity index is 388. The monoisotopic (exact) mass is 221 g/mol. The number of methoxy groups -OCH3 is 1. The average molecular weight is 221 g/mol. The molecule has 0 saturated carbocycles. The number of hydrogen-bond donors (Lipinski definition) is 1. The number of nitrogens with two attached hydrogens (primary N) is 1. The van der Waals surface area contributed by atoms with E-state index in [9.17, 15) is 0 Å². The van der Waals surface area contributed by atoms with E-state index in [1.54, 1.807) is 7.11 Å². The normalized spacial score (nSPS) is 16.8. The van der Waals surface area contributed by atoms with E-state index in [1.807, 2.05) is 26.0 Å². The van der Waals surface area contributed by atoms with E-state index in [4.69, 9.17) is 15.2 Å². The lowest BCUT2D eigenvalue weighted by atomic mass is 9.90. The third-order valence-corrected chi connectivity index (χ3v) is 3.35. The van der Waals surface area contributed by atoms with Crippen LogP contribution in [0.25, 0.3) is 0 Å². The summed E-state index contributed by atoms with van der Waals surface area (Å²) in [6.45, 7) is 4.74. The van der Waals surface area contributed by atoms with Gasteiger partial charge in [-0.15, -0.1) is 0 Å². The minimum atomic E-state index is -0.388. The molecule has 0 aliphatic carbocycles. The van der Waals surface area contributed by atoms with E-state index in [2.05, 4.69) is 6.07 Å². The summed E-state index contributed by atoms with van der Waals surface area (Å²) in [4.78, 5) is 0. The summed E-state index contributed by atoms with van der Waals surface area (Å²) in [5, 5.41) is 0. The van der Waals surface area contributed by atoms with E-state index < -0.39 is 0 Å². The third kappa shape index (κ3) is 1.81. The van der Waals surface area contributed by atoms with Crippen LogP contribution >= 0.6 is 0 Å². The van der Waals surface area contributed by atoms with Crippen molar-refractivity contribution in [3.05, 3.63) is 29.3 Å². The lowest BCUT2D eigenvalue weighted by Crippen LogP contribution is -2.37. The molecule has 0 spiro atoms. The van der Waals surface area contributed by atoms with Gasteiger partial charge in [-0.05, 0) is 19.4 Å². The van der Waals surface area contributed by atoms with Crippen molar-refractivity contribution in [3.8, 4) is 5.75 Å². The number of benzene rings is 1. The fourth-order valence-corrected chi connectivity index (χ4v) is 1.99. The highest BCUT2D eigenvalue weighted by atomic mass is 16.5. The Kier molecular flexibility index (Phi) is 2.91. The molecule has 1 aromatic carbocycles. The number of rotatable bonds is 3. The summed E-state index contributed by atoms with van der Waals surface area (Å²) in [6.07, 6.45) is 0.976. The first-order valence-electron chi connectivity index (χ1n) is 5.61. The summed E-state index contributed by atoms with van der Waals surface area (Å²) >= 11 is 0. The molecule has 1 unspecified atom stereocenters. The van der Waals surface area contributed by atoms with Crippen molar-refractivity contribution in [1.82, 2.24) is 0 Å². The van der Waals surface area contributed by atoms with Crippen molar-refractivity contribution in [3.63, 3.8) is 0 Å². The Hall–Kier alpha value is -1.06. The number of hydrogen-bond acceptors (Lipinski definition) is 3. The van der Waals surface area contributed by atoms with Gasteiger partial charge >= 0.3 is 0 Å². The van der Waals surface area contributed by atoms with Gasteiger partial charge in [-0.3, -0.25) is 0 Å². The highest BCUT2D eigenvalue weighted by Crippen LogP contribution is 2.37. The second-order valence-electron chi connectivity index (χ2n) is 4.72. The van der Waals surface area contributed by atoms with E-state index in [0.717, 1.165) is 24.3 Å².